The Morgan fingerprint density at radius 3 is 2.63 bits per heavy atom. The molecule has 2 aromatic carbocycles. The highest BCUT2D eigenvalue weighted by Crippen LogP contribution is 2.25. The second-order valence-corrected chi connectivity index (χ2v) is 7.22. The van der Waals surface area contributed by atoms with Crippen LogP contribution in [0.25, 0.3) is 11.5 Å². The van der Waals surface area contributed by atoms with Crippen LogP contribution >= 0.6 is 0 Å². The zero-order chi connectivity index (χ0) is 21.1. The van der Waals surface area contributed by atoms with Crippen molar-refractivity contribution in [3.8, 4) is 23.0 Å². The third-order valence-corrected chi connectivity index (χ3v) is 4.99. The van der Waals surface area contributed by atoms with Crippen molar-refractivity contribution in [3.05, 3.63) is 59.5 Å². The largest absolute Gasteiger partial charge is 0.497 e. The van der Waals surface area contributed by atoms with Crippen molar-refractivity contribution in [1.82, 2.24) is 20.4 Å². The number of aryl methyl sites for hydroxylation is 1. The number of rotatable bonds is 7. The highest BCUT2D eigenvalue weighted by atomic mass is 16.5. The molecule has 1 N–H and O–H groups in total. The van der Waals surface area contributed by atoms with Crippen LogP contribution in [-0.2, 0) is 6.54 Å². The van der Waals surface area contributed by atoms with E-state index < -0.39 is 0 Å². The molecule has 0 spiro atoms. The first-order valence-electron chi connectivity index (χ1n) is 9.75. The maximum Gasteiger partial charge on any atom is 0.311 e. The van der Waals surface area contributed by atoms with Gasteiger partial charge in [-0.25, -0.2) is 0 Å². The number of benzene rings is 2. The first-order valence-corrected chi connectivity index (χ1v) is 9.75. The molecule has 1 aliphatic heterocycles. The van der Waals surface area contributed by atoms with Crippen LogP contribution < -0.4 is 14.8 Å². The van der Waals surface area contributed by atoms with E-state index >= 15 is 0 Å². The zero-order valence-corrected chi connectivity index (χ0v) is 17.2. The number of hydrogen-bond donors (Lipinski definition) is 1. The van der Waals surface area contributed by atoms with Crippen LogP contribution in [0.4, 0.5) is 0 Å². The predicted octanol–water partition coefficient (Wildman–Crippen LogP) is 2.68. The van der Waals surface area contributed by atoms with Gasteiger partial charge in [0, 0.05) is 12.1 Å². The number of carbonyl (C=O) groups excluding carboxylic acids is 1. The number of hydrogen-bond acceptors (Lipinski definition) is 7. The van der Waals surface area contributed by atoms with Crippen LogP contribution in [0.15, 0.2) is 46.9 Å². The van der Waals surface area contributed by atoms with Gasteiger partial charge in [0.2, 0.25) is 5.89 Å². The Balaban J connectivity index is 1.34. The smallest absolute Gasteiger partial charge is 0.311 e. The summed E-state index contributed by atoms with van der Waals surface area (Å²) in [6.07, 6.45) is -0.0493. The molecule has 0 saturated carbocycles. The summed E-state index contributed by atoms with van der Waals surface area (Å²) in [5.41, 5.74) is 3.01. The molecule has 4 rings (SSSR count). The Morgan fingerprint density at radius 2 is 1.97 bits per heavy atom. The molecule has 8 nitrogen and oxygen atoms in total. The number of nitrogens with one attached hydrogen (secondary N) is 1. The molecule has 3 aromatic rings. The van der Waals surface area contributed by atoms with Crippen LogP contribution in [0.1, 0.15) is 21.8 Å². The van der Waals surface area contributed by atoms with Crippen molar-refractivity contribution in [2.45, 2.75) is 19.6 Å². The van der Waals surface area contributed by atoms with Crippen molar-refractivity contribution >= 4 is 5.91 Å². The van der Waals surface area contributed by atoms with E-state index in [0.717, 1.165) is 29.2 Å². The number of methoxy groups -OCH3 is 1. The van der Waals surface area contributed by atoms with E-state index in [9.17, 15) is 4.79 Å². The molecule has 156 valence electrons. The predicted molar refractivity (Wildman–Crippen MR) is 111 cm³/mol. The summed E-state index contributed by atoms with van der Waals surface area (Å²) in [4.78, 5) is 14.2. The molecule has 0 radical (unpaired) electrons. The molecule has 30 heavy (non-hydrogen) atoms. The lowest BCUT2D eigenvalue weighted by Gasteiger charge is -2.38. The van der Waals surface area contributed by atoms with Crippen molar-refractivity contribution in [2.24, 2.45) is 0 Å². The van der Waals surface area contributed by atoms with Crippen LogP contribution in [-0.4, -0.2) is 54.4 Å². The number of nitrogens with zero attached hydrogens (tertiary/aromatic N) is 3. The van der Waals surface area contributed by atoms with Gasteiger partial charge in [-0.05, 0) is 55.4 Å². The van der Waals surface area contributed by atoms with Gasteiger partial charge < -0.3 is 24.1 Å². The summed E-state index contributed by atoms with van der Waals surface area (Å²) in [5.74, 6) is 1.56. The Bertz CT molecular complexity index is 1030. The lowest BCUT2D eigenvalue weighted by Crippen LogP contribution is -2.56. The van der Waals surface area contributed by atoms with E-state index in [-0.39, 0.29) is 17.9 Å². The summed E-state index contributed by atoms with van der Waals surface area (Å²) < 4.78 is 16.7. The van der Waals surface area contributed by atoms with Gasteiger partial charge in [0.15, 0.2) is 0 Å². The van der Waals surface area contributed by atoms with Crippen LogP contribution in [0.3, 0.4) is 0 Å². The van der Waals surface area contributed by atoms with E-state index in [0.29, 0.717) is 19.0 Å². The van der Waals surface area contributed by atoms with E-state index in [1.807, 2.05) is 26.1 Å². The van der Waals surface area contributed by atoms with Gasteiger partial charge in [0.25, 0.3) is 0 Å². The maximum absolute atomic E-state index is 12.6. The second kappa shape index (κ2) is 8.54. The molecular formula is C22H24N4O4. The number of aromatic nitrogens is 2. The normalized spacial score (nSPS) is 13.8. The first-order chi connectivity index (χ1) is 14.6. The van der Waals surface area contributed by atoms with Crippen LogP contribution in [0.2, 0.25) is 0 Å². The van der Waals surface area contributed by atoms with E-state index in [1.54, 1.807) is 36.3 Å². The van der Waals surface area contributed by atoms with Gasteiger partial charge in [-0.1, -0.05) is 12.1 Å². The summed E-state index contributed by atoms with van der Waals surface area (Å²) in [6, 6.07) is 13.3. The van der Waals surface area contributed by atoms with Gasteiger partial charge in [-0.15, -0.1) is 10.2 Å². The van der Waals surface area contributed by atoms with Gasteiger partial charge in [-0.3, -0.25) is 4.79 Å². The Morgan fingerprint density at radius 1 is 1.20 bits per heavy atom. The minimum absolute atomic E-state index is 0.0214. The molecule has 0 unspecified atom stereocenters. The molecule has 1 aliphatic rings. The summed E-state index contributed by atoms with van der Waals surface area (Å²) in [5, 5.41) is 11.0. The topological polar surface area (TPSA) is 89.7 Å². The maximum atomic E-state index is 12.6. The number of carbonyl (C=O) groups is 1. The van der Waals surface area contributed by atoms with Crippen molar-refractivity contribution in [2.75, 3.05) is 27.2 Å². The SMILES string of the molecule is CNCc1ccc(OC2CN(C(=O)c3nnc(-c4ccc(OC)cc4)o3)C2)c(C)c1. The molecule has 0 atom stereocenters. The molecule has 1 saturated heterocycles. The van der Waals surface area contributed by atoms with Gasteiger partial charge in [0.1, 0.15) is 17.6 Å². The quantitative estimate of drug-likeness (QED) is 0.643. The molecule has 1 fully saturated rings. The van der Waals surface area contributed by atoms with Crippen LogP contribution in [0, 0.1) is 6.92 Å². The highest BCUT2D eigenvalue weighted by molar-refractivity contribution is 5.90. The Kier molecular flexibility index (Phi) is 5.67. The van der Waals surface area contributed by atoms with Gasteiger partial charge >= 0.3 is 11.8 Å². The van der Waals surface area contributed by atoms with Crippen molar-refractivity contribution in [1.29, 1.82) is 0 Å². The molecule has 1 amide bonds. The zero-order valence-electron chi connectivity index (χ0n) is 17.2. The van der Waals surface area contributed by atoms with Crippen LogP contribution in [0.5, 0.6) is 11.5 Å². The average molecular weight is 408 g/mol. The molecule has 2 heterocycles. The molecular weight excluding hydrogens is 384 g/mol. The average Bonchev–Trinajstić information content (AvgIpc) is 3.22. The fourth-order valence-electron chi connectivity index (χ4n) is 3.31. The summed E-state index contributed by atoms with van der Waals surface area (Å²) in [7, 11) is 3.52. The first kappa shape index (κ1) is 19.9. The van der Waals surface area contributed by atoms with E-state index in [1.165, 1.54) is 5.56 Å². The monoisotopic (exact) mass is 408 g/mol. The molecule has 8 heteroatoms. The third-order valence-electron chi connectivity index (χ3n) is 4.99. The molecule has 0 aliphatic carbocycles. The Labute approximate surface area is 174 Å². The summed E-state index contributed by atoms with van der Waals surface area (Å²) in [6.45, 7) is 3.80. The molecule has 1 aromatic heterocycles. The minimum atomic E-state index is -0.289. The number of ether oxygens (including phenoxy) is 2. The Hall–Kier alpha value is -3.39. The standard InChI is InChI=1S/C22H24N4O4/c1-14-10-15(11-23-2)4-9-19(14)29-18-12-26(13-18)22(27)21-25-24-20(30-21)16-5-7-17(28-3)8-6-16/h4-10,18,23H,11-13H2,1-3H3. The van der Waals surface area contributed by atoms with Crippen molar-refractivity contribution < 1.29 is 18.7 Å². The van der Waals surface area contributed by atoms with Crippen molar-refractivity contribution in [3.63, 3.8) is 0 Å². The third kappa shape index (κ3) is 4.13. The highest BCUT2D eigenvalue weighted by Gasteiger charge is 2.35. The lowest BCUT2D eigenvalue weighted by molar-refractivity contribution is 0.0147. The summed E-state index contributed by atoms with van der Waals surface area (Å²) >= 11 is 0. The second-order valence-electron chi connectivity index (χ2n) is 7.22. The number of amides is 1. The minimum Gasteiger partial charge on any atom is -0.497 e. The van der Waals surface area contributed by atoms with E-state index in [2.05, 4.69) is 21.6 Å². The van der Waals surface area contributed by atoms with Gasteiger partial charge in [-0.2, -0.15) is 0 Å². The fraction of sp³-hybridized carbons (Fsp3) is 0.318. The fourth-order valence-corrected chi connectivity index (χ4v) is 3.31. The molecule has 0 bridgehead atoms. The van der Waals surface area contributed by atoms with Gasteiger partial charge in [0.05, 0.1) is 20.2 Å². The van der Waals surface area contributed by atoms with E-state index in [4.69, 9.17) is 13.9 Å². The number of likely N-dealkylation sites (tertiary alicyclic amines) is 1. The lowest BCUT2D eigenvalue weighted by atomic mass is 10.1.